The molecule has 1 heterocycles. The van der Waals surface area contributed by atoms with E-state index in [1.165, 1.54) is 6.92 Å². The number of rotatable bonds is 6. The first kappa shape index (κ1) is 18.5. The van der Waals surface area contributed by atoms with Crippen molar-refractivity contribution in [1.82, 2.24) is 0 Å². The first-order valence-electron chi connectivity index (χ1n) is 7.52. The van der Waals surface area contributed by atoms with Crippen LogP contribution in [0.5, 0.6) is 5.75 Å². The van der Waals surface area contributed by atoms with Crippen molar-refractivity contribution in [3.8, 4) is 5.75 Å². The number of carbonyl (C=O) groups excluding carboxylic acids is 2. The molecule has 132 valence electrons. The molecule has 7 nitrogen and oxygen atoms in total. The van der Waals surface area contributed by atoms with Gasteiger partial charge in [-0.05, 0) is 43.7 Å². The number of carboxylic acids is 1. The third kappa shape index (κ3) is 4.36. The van der Waals surface area contributed by atoms with Crippen LogP contribution in [-0.2, 0) is 4.79 Å². The number of ether oxygens (including phenoxy) is 1. The Labute approximate surface area is 148 Å². The predicted octanol–water partition coefficient (Wildman–Crippen LogP) is 3.36. The van der Waals surface area contributed by atoms with E-state index in [2.05, 4.69) is 10.6 Å². The minimum Gasteiger partial charge on any atom is -0.494 e. The van der Waals surface area contributed by atoms with E-state index >= 15 is 0 Å². The highest BCUT2D eigenvalue weighted by Crippen LogP contribution is 2.33. The van der Waals surface area contributed by atoms with Gasteiger partial charge in [0.25, 0.3) is 5.91 Å². The third-order valence-corrected chi connectivity index (χ3v) is 4.49. The highest BCUT2D eigenvalue weighted by atomic mass is 32.1. The molecule has 3 N–H and O–H groups in total. The number of hydrogen-bond acceptors (Lipinski definition) is 5. The number of thiophene rings is 1. The lowest BCUT2D eigenvalue weighted by atomic mass is 10.1. The molecule has 1 aromatic heterocycles. The second kappa shape index (κ2) is 7.80. The summed E-state index contributed by atoms with van der Waals surface area (Å²) >= 11 is 0.932. The lowest BCUT2D eigenvalue weighted by molar-refractivity contribution is -0.114. The maximum atomic E-state index is 12.5. The monoisotopic (exact) mass is 362 g/mol. The minimum atomic E-state index is -1.20. The maximum Gasteiger partial charge on any atom is 0.339 e. The number of anilines is 2. The number of amides is 2. The molecule has 8 heteroatoms. The van der Waals surface area contributed by atoms with E-state index in [0.717, 1.165) is 11.3 Å². The Morgan fingerprint density at radius 1 is 1.16 bits per heavy atom. The van der Waals surface area contributed by atoms with Crippen LogP contribution in [0.25, 0.3) is 0 Å². The summed E-state index contributed by atoms with van der Waals surface area (Å²) in [4.78, 5) is 35.4. The molecule has 1 aromatic carbocycles. The number of carbonyl (C=O) groups is 3. The van der Waals surface area contributed by atoms with Gasteiger partial charge in [0.05, 0.1) is 17.0 Å². The van der Waals surface area contributed by atoms with Crippen LogP contribution in [0.2, 0.25) is 0 Å². The summed E-state index contributed by atoms with van der Waals surface area (Å²) in [6, 6.07) is 6.84. The normalized spacial score (nSPS) is 10.2. The molecule has 0 fully saturated rings. The molecule has 2 rings (SSSR count). The molecule has 0 spiro atoms. The summed E-state index contributed by atoms with van der Waals surface area (Å²) in [7, 11) is 0. The van der Waals surface area contributed by atoms with Gasteiger partial charge in [-0.1, -0.05) is 0 Å². The molecule has 0 radical (unpaired) electrons. The van der Waals surface area contributed by atoms with Crippen molar-refractivity contribution in [3.63, 3.8) is 0 Å². The Balaban J connectivity index is 2.26. The van der Waals surface area contributed by atoms with E-state index in [9.17, 15) is 19.5 Å². The molecule has 0 saturated heterocycles. The fourth-order valence-electron chi connectivity index (χ4n) is 2.22. The van der Waals surface area contributed by atoms with E-state index in [-0.39, 0.29) is 15.4 Å². The van der Waals surface area contributed by atoms with Crippen molar-refractivity contribution in [2.75, 3.05) is 17.2 Å². The lowest BCUT2D eigenvalue weighted by Crippen LogP contribution is -2.12. The van der Waals surface area contributed by atoms with Crippen LogP contribution in [-0.4, -0.2) is 29.5 Å². The smallest absolute Gasteiger partial charge is 0.339 e. The molecule has 2 aromatic rings. The van der Waals surface area contributed by atoms with Gasteiger partial charge in [-0.15, -0.1) is 11.3 Å². The van der Waals surface area contributed by atoms with Gasteiger partial charge in [-0.25, -0.2) is 4.79 Å². The fourth-order valence-corrected chi connectivity index (χ4v) is 3.36. The molecule has 0 aliphatic carbocycles. The second-order valence-electron chi connectivity index (χ2n) is 5.16. The summed E-state index contributed by atoms with van der Waals surface area (Å²) in [5.74, 6) is -1.35. The molecule has 2 amide bonds. The van der Waals surface area contributed by atoms with E-state index < -0.39 is 17.8 Å². The molecule has 0 bridgehead atoms. The van der Waals surface area contributed by atoms with E-state index in [0.29, 0.717) is 23.6 Å². The molecular weight excluding hydrogens is 344 g/mol. The Hall–Kier alpha value is -2.87. The van der Waals surface area contributed by atoms with Gasteiger partial charge in [0.15, 0.2) is 0 Å². The van der Waals surface area contributed by atoms with Crippen LogP contribution < -0.4 is 15.4 Å². The fraction of sp³-hybridized carbons (Fsp3) is 0.235. The van der Waals surface area contributed by atoms with Crippen molar-refractivity contribution < 1.29 is 24.2 Å². The zero-order valence-electron chi connectivity index (χ0n) is 14.0. The van der Waals surface area contributed by atoms with Crippen LogP contribution in [0.3, 0.4) is 0 Å². The molecular formula is C17H18N2O5S. The number of hydrogen-bond donors (Lipinski definition) is 3. The molecule has 0 aliphatic heterocycles. The lowest BCUT2D eigenvalue weighted by Gasteiger charge is -2.06. The Morgan fingerprint density at radius 2 is 1.80 bits per heavy atom. The van der Waals surface area contributed by atoms with Gasteiger partial charge in [0.2, 0.25) is 5.91 Å². The van der Waals surface area contributed by atoms with Gasteiger partial charge < -0.3 is 20.5 Å². The summed E-state index contributed by atoms with van der Waals surface area (Å²) in [6.07, 6.45) is 0. The average Bonchev–Trinajstić information content (AvgIpc) is 2.85. The van der Waals surface area contributed by atoms with Gasteiger partial charge in [0.1, 0.15) is 10.8 Å². The average molecular weight is 362 g/mol. The topological polar surface area (TPSA) is 105 Å². The predicted molar refractivity (Wildman–Crippen MR) is 95.9 cm³/mol. The largest absolute Gasteiger partial charge is 0.494 e. The van der Waals surface area contributed by atoms with Crippen molar-refractivity contribution in [1.29, 1.82) is 0 Å². The minimum absolute atomic E-state index is 0.0722. The SMILES string of the molecule is CCOc1ccc(NC(=O)c2sc(NC(C)=O)c(C(=O)O)c2C)cc1. The summed E-state index contributed by atoms with van der Waals surface area (Å²) < 4.78 is 5.34. The molecule has 0 saturated carbocycles. The Kier molecular flexibility index (Phi) is 5.76. The van der Waals surface area contributed by atoms with Crippen LogP contribution in [0.1, 0.15) is 39.4 Å². The summed E-state index contributed by atoms with van der Waals surface area (Å²) in [5.41, 5.74) is 0.793. The molecule has 0 unspecified atom stereocenters. The maximum absolute atomic E-state index is 12.5. The number of aromatic carboxylic acids is 1. The first-order valence-corrected chi connectivity index (χ1v) is 8.33. The molecule has 0 aliphatic rings. The highest BCUT2D eigenvalue weighted by Gasteiger charge is 2.25. The van der Waals surface area contributed by atoms with Gasteiger partial charge >= 0.3 is 5.97 Å². The van der Waals surface area contributed by atoms with Crippen molar-refractivity contribution >= 4 is 39.8 Å². The van der Waals surface area contributed by atoms with Crippen molar-refractivity contribution in [2.45, 2.75) is 20.8 Å². The first-order chi connectivity index (χ1) is 11.8. The quantitative estimate of drug-likeness (QED) is 0.731. The van der Waals surface area contributed by atoms with Crippen LogP contribution in [0.15, 0.2) is 24.3 Å². The third-order valence-electron chi connectivity index (χ3n) is 3.28. The van der Waals surface area contributed by atoms with E-state index in [4.69, 9.17) is 4.74 Å². The van der Waals surface area contributed by atoms with Gasteiger partial charge in [-0.2, -0.15) is 0 Å². The molecule has 25 heavy (non-hydrogen) atoms. The number of benzene rings is 1. The zero-order chi connectivity index (χ0) is 18.6. The van der Waals surface area contributed by atoms with Crippen LogP contribution in [0, 0.1) is 6.92 Å². The summed E-state index contributed by atoms with van der Waals surface area (Å²) in [5, 5.41) is 14.7. The van der Waals surface area contributed by atoms with E-state index in [1.807, 2.05) is 6.92 Å². The van der Waals surface area contributed by atoms with Crippen LogP contribution in [0.4, 0.5) is 10.7 Å². The molecule has 0 atom stereocenters. The standard InChI is InChI=1S/C17H18N2O5S/c1-4-24-12-7-5-11(6-8-12)19-15(21)14-9(2)13(17(22)23)16(25-14)18-10(3)20/h5-8H,4H2,1-3H3,(H,18,20)(H,19,21)(H,22,23). The number of carboxylic acid groups (broad SMARTS) is 1. The van der Waals surface area contributed by atoms with E-state index in [1.54, 1.807) is 31.2 Å². The van der Waals surface area contributed by atoms with Gasteiger partial charge in [0, 0.05) is 12.6 Å². The van der Waals surface area contributed by atoms with Crippen molar-refractivity contribution in [2.24, 2.45) is 0 Å². The number of nitrogens with one attached hydrogen (secondary N) is 2. The van der Waals surface area contributed by atoms with Crippen molar-refractivity contribution in [3.05, 3.63) is 40.3 Å². The second-order valence-corrected chi connectivity index (χ2v) is 6.18. The summed E-state index contributed by atoms with van der Waals surface area (Å²) in [6.45, 7) is 5.24. The highest BCUT2D eigenvalue weighted by molar-refractivity contribution is 7.18. The van der Waals surface area contributed by atoms with Gasteiger partial charge in [-0.3, -0.25) is 9.59 Å². The Morgan fingerprint density at radius 3 is 2.32 bits per heavy atom. The Bertz CT molecular complexity index is 811. The van der Waals surface area contributed by atoms with Crippen LogP contribution >= 0.6 is 11.3 Å². The zero-order valence-corrected chi connectivity index (χ0v) is 14.8.